The van der Waals surface area contributed by atoms with E-state index >= 15 is 0 Å². The van der Waals surface area contributed by atoms with Crippen molar-refractivity contribution in [1.29, 1.82) is 0 Å². The molecular formula is C14H28N2O3S. The Balaban J connectivity index is 1.85. The van der Waals surface area contributed by atoms with Crippen LogP contribution in [-0.2, 0) is 14.6 Å². The molecule has 0 bridgehead atoms. The molecule has 0 spiro atoms. The van der Waals surface area contributed by atoms with Gasteiger partial charge in [-0.2, -0.15) is 0 Å². The first-order valence-corrected chi connectivity index (χ1v) is 9.62. The van der Waals surface area contributed by atoms with E-state index in [-0.39, 0.29) is 11.2 Å². The second kappa shape index (κ2) is 6.73. The van der Waals surface area contributed by atoms with Crippen LogP contribution in [-0.4, -0.2) is 71.3 Å². The van der Waals surface area contributed by atoms with Gasteiger partial charge in [0.25, 0.3) is 0 Å². The first-order chi connectivity index (χ1) is 9.39. The largest absolute Gasteiger partial charge is 0.381 e. The molecule has 1 saturated heterocycles. The quantitative estimate of drug-likeness (QED) is 0.708. The molecule has 0 aromatic carbocycles. The van der Waals surface area contributed by atoms with E-state index in [1.807, 2.05) is 7.05 Å². The number of nitrogens with one attached hydrogen (secondary N) is 1. The third-order valence-corrected chi connectivity index (χ3v) is 5.12. The highest BCUT2D eigenvalue weighted by Gasteiger charge is 2.35. The molecule has 1 unspecified atom stereocenters. The van der Waals surface area contributed by atoms with Gasteiger partial charge in [0.1, 0.15) is 9.84 Å². The molecule has 1 saturated carbocycles. The lowest BCUT2D eigenvalue weighted by Crippen LogP contribution is -2.49. The van der Waals surface area contributed by atoms with Crippen LogP contribution in [0, 0.1) is 5.41 Å². The number of hydrogen-bond acceptors (Lipinski definition) is 5. The minimum absolute atomic E-state index is 0.146. The van der Waals surface area contributed by atoms with Gasteiger partial charge in [-0.25, -0.2) is 8.42 Å². The lowest BCUT2D eigenvalue weighted by Gasteiger charge is -2.40. The van der Waals surface area contributed by atoms with Crippen LogP contribution in [0.15, 0.2) is 0 Å². The summed E-state index contributed by atoms with van der Waals surface area (Å²) in [6.07, 6.45) is 6.15. The molecule has 118 valence electrons. The Bertz CT molecular complexity index is 401. The van der Waals surface area contributed by atoms with Crippen LogP contribution in [0.25, 0.3) is 0 Å². The van der Waals surface area contributed by atoms with Gasteiger partial charge in [0.2, 0.25) is 0 Å². The van der Waals surface area contributed by atoms with E-state index in [0.717, 1.165) is 39.1 Å². The highest BCUT2D eigenvalue weighted by molar-refractivity contribution is 7.90. The zero-order chi connectivity index (χ0) is 14.6. The maximum atomic E-state index is 11.3. The van der Waals surface area contributed by atoms with Crippen molar-refractivity contribution in [3.05, 3.63) is 0 Å². The van der Waals surface area contributed by atoms with Crippen molar-refractivity contribution in [3.63, 3.8) is 0 Å². The molecule has 1 heterocycles. The predicted molar refractivity (Wildman–Crippen MR) is 80.7 cm³/mol. The van der Waals surface area contributed by atoms with Gasteiger partial charge in [0.15, 0.2) is 0 Å². The first-order valence-electron chi connectivity index (χ1n) is 7.56. The van der Waals surface area contributed by atoms with Crippen LogP contribution in [0.2, 0.25) is 0 Å². The second-order valence-corrected chi connectivity index (χ2v) is 8.94. The summed E-state index contributed by atoms with van der Waals surface area (Å²) in [7, 11) is -0.872. The molecule has 5 nitrogen and oxygen atoms in total. The fourth-order valence-electron chi connectivity index (χ4n) is 2.85. The van der Waals surface area contributed by atoms with Crippen molar-refractivity contribution in [2.24, 2.45) is 5.41 Å². The summed E-state index contributed by atoms with van der Waals surface area (Å²) in [5, 5.41) is 3.62. The summed E-state index contributed by atoms with van der Waals surface area (Å²) >= 11 is 0. The van der Waals surface area contributed by atoms with Crippen LogP contribution in [0.1, 0.15) is 25.7 Å². The SMILES string of the molecule is CN(CCS(C)(=O)=O)CC1(CNC2CC2)CCCOC1. The van der Waals surface area contributed by atoms with Crippen molar-refractivity contribution in [2.75, 3.05) is 51.9 Å². The molecule has 0 aromatic rings. The number of nitrogens with zero attached hydrogens (tertiary/aromatic N) is 1. The number of rotatable bonds is 8. The third-order valence-electron chi connectivity index (χ3n) is 4.20. The second-order valence-electron chi connectivity index (χ2n) is 6.68. The molecule has 1 aliphatic carbocycles. The Morgan fingerprint density at radius 3 is 2.70 bits per heavy atom. The molecule has 0 amide bonds. The standard InChI is InChI=1S/C14H28N2O3S/c1-16(7-9-20(2,17)18)11-14(6-3-8-19-12-14)10-15-13-4-5-13/h13,15H,3-12H2,1-2H3. The van der Waals surface area contributed by atoms with E-state index in [2.05, 4.69) is 10.2 Å². The molecule has 0 aromatic heterocycles. The van der Waals surface area contributed by atoms with Gasteiger partial charge in [0, 0.05) is 44.0 Å². The van der Waals surface area contributed by atoms with Crippen LogP contribution < -0.4 is 5.32 Å². The highest BCUT2D eigenvalue weighted by atomic mass is 32.2. The molecular weight excluding hydrogens is 276 g/mol. The van der Waals surface area contributed by atoms with Gasteiger partial charge >= 0.3 is 0 Å². The molecule has 1 atom stereocenters. The van der Waals surface area contributed by atoms with Crippen LogP contribution in [0.4, 0.5) is 0 Å². The number of sulfone groups is 1. The van der Waals surface area contributed by atoms with Gasteiger partial charge in [-0.05, 0) is 32.7 Å². The van der Waals surface area contributed by atoms with Gasteiger partial charge < -0.3 is 15.0 Å². The molecule has 0 radical (unpaired) electrons. The molecule has 20 heavy (non-hydrogen) atoms. The summed E-state index contributed by atoms with van der Waals surface area (Å²) in [5.74, 6) is 0.233. The fourth-order valence-corrected chi connectivity index (χ4v) is 3.50. The summed E-state index contributed by atoms with van der Waals surface area (Å²) in [4.78, 5) is 2.14. The summed E-state index contributed by atoms with van der Waals surface area (Å²) in [6.45, 7) is 4.14. The average Bonchev–Trinajstić information content (AvgIpc) is 3.19. The average molecular weight is 304 g/mol. The van der Waals surface area contributed by atoms with E-state index in [1.54, 1.807) is 0 Å². The molecule has 2 aliphatic rings. The van der Waals surface area contributed by atoms with E-state index in [9.17, 15) is 8.42 Å². The van der Waals surface area contributed by atoms with E-state index < -0.39 is 9.84 Å². The normalized spacial score (nSPS) is 27.9. The Hall–Kier alpha value is -0.170. The van der Waals surface area contributed by atoms with Gasteiger partial charge in [0.05, 0.1) is 12.4 Å². The lowest BCUT2D eigenvalue weighted by molar-refractivity contribution is -0.0221. The smallest absolute Gasteiger partial charge is 0.148 e. The van der Waals surface area contributed by atoms with Crippen molar-refractivity contribution < 1.29 is 13.2 Å². The molecule has 1 N–H and O–H groups in total. The van der Waals surface area contributed by atoms with Crippen LogP contribution in [0.5, 0.6) is 0 Å². The van der Waals surface area contributed by atoms with Crippen molar-refractivity contribution in [3.8, 4) is 0 Å². The summed E-state index contributed by atoms with van der Waals surface area (Å²) in [5.41, 5.74) is 0.146. The van der Waals surface area contributed by atoms with Crippen molar-refractivity contribution in [1.82, 2.24) is 10.2 Å². The lowest BCUT2D eigenvalue weighted by atomic mass is 9.81. The summed E-state index contributed by atoms with van der Waals surface area (Å²) < 4.78 is 28.2. The Morgan fingerprint density at radius 1 is 1.40 bits per heavy atom. The van der Waals surface area contributed by atoms with Gasteiger partial charge in [-0.3, -0.25) is 0 Å². The molecule has 1 aliphatic heterocycles. The molecule has 6 heteroatoms. The maximum Gasteiger partial charge on any atom is 0.148 e. The zero-order valence-electron chi connectivity index (χ0n) is 12.7. The Labute approximate surface area is 123 Å². The van der Waals surface area contributed by atoms with Crippen LogP contribution in [0.3, 0.4) is 0 Å². The fraction of sp³-hybridized carbons (Fsp3) is 1.00. The first kappa shape index (κ1) is 16.2. The minimum Gasteiger partial charge on any atom is -0.381 e. The van der Waals surface area contributed by atoms with Crippen molar-refractivity contribution >= 4 is 9.84 Å². The monoisotopic (exact) mass is 304 g/mol. The van der Waals surface area contributed by atoms with E-state index in [0.29, 0.717) is 12.6 Å². The summed E-state index contributed by atoms with van der Waals surface area (Å²) in [6, 6.07) is 0.704. The predicted octanol–water partition coefficient (Wildman–Crippen LogP) is 0.512. The number of hydrogen-bond donors (Lipinski definition) is 1. The topological polar surface area (TPSA) is 58.6 Å². The van der Waals surface area contributed by atoms with E-state index in [1.165, 1.54) is 19.1 Å². The third kappa shape index (κ3) is 5.68. The van der Waals surface area contributed by atoms with Crippen LogP contribution >= 0.6 is 0 Å². The molecule has 2 fully saturated rings. The Morgan fingerprint density at radius 2 is 2.15 bits per heavy atom. The number of ether oxygens (including phenoxy) is 1. The highest BCUT2D eigenvalue weighted by Crippen LogP contribution is 2.30. The van der Waals surface area contributed by atoms with Gasteiger partial charge in [-0.15, -0.1) is 0 Å². The zero-order valence-corrected chi connectivity index (χ0v) is 13.5. The maximum absolute atomic E-state index is 11.3. The van der Waals surface area contributed by atoms with Crippen molar-refractivity contribution in [2.45, 2.75) is 31.7 Å². The van der Waals surface area contributed by atoms with E-state index in [4.69, 9.17) is 4.74 Å². The minimum atomic E-state index is -2.88. The van der Waals surface area contributed by atoms with Gasteiger partial charge in [-0.1, -0.05) is 0 Å². The molecule has 2 rings (SSSR count). The Kier molecular flexibility index (Phi) is 5.45.